The highest BCUT2D eigenvalue weighted by Crippen LogP contribution is 2.32. The highest BCUT2D eigenvalue weighted by atomic mass is 19.1. The summed E-state index contributed by atoms with van der Waals surface area (Å²) in [4.78, 5) is 27.6. The summed E-state index contributed by atoms with van der Waals surface area (Å²) in [5.41, 5.74) is 1.95. The standard InChI is InChI=1S/C22H22FN3O4/c23-15-6-7-17-18(13-26(14-20(27)28)19(17)12-15)21(22(29)30)25-10-8-24(9-11-25)16-4-2-1-3-5-16/h1-7,12-13,21H,8-11,14H2,(H,27,28)(H,29,30)/t21-/m1/s1. The van der Waals surface area contributed by atoms with E-state index in [-0.39, 0.29) is 6.54 Å². The van der Waals surface area contributed by atoms with Gasteiger partial charge in [0.1, 0.15) is 18.4 Å². The maximum atomic E-state index is 13.8. The summed E-state index contributed by atoms with van der Waals surface area (Å²) in [6.45, 7) is 2.07. The number of aliphatic carboxylic acids is 2. The number of piperazine rings is 1. The molecule has 2 aromatic carbocycles. The van der Waals surface area contributed by atoms with Crippen LogP contribution in [0.15, 0.2) is 54.7 Å². The van der Waals surface area contributed by atoms with Crippen LogP contribution in [0.25, 0.3) is 10.9 Å². The number of carboxylic acid groups (broad SMARTS) is 2. The highest BCUT2D eigenvalue weighted by Gasteiger charge is 2.33. The van der Waals surface area contributed by atoms with E-state index in [1.807, 2.05) is 35.2 Å². The molecule has 1 aliphatic rings. The zero-order valence-corrected chi connectivity index (χ0v) is 16.2. The Bertz CT molecular complexity index is 1070. The van der Waals surface area contributed by atoms with E-state index in [4.69, 9.17) is 0 Å². The zero-order valence-electron chi connectivity index (χ0n) is 16.2. The number of aromatic nitrogens is 1. The summed E-state index contributed by atoms with van der Waals surface area (Å²) in [7, 11) is 0. The molecule has 0 aliphatic carbocycles. The van der Waals surface area contributed by atoms with Gasteiger partial charge in [-0.15, -0.1) is 0 Å². The lowest BCUT2D eigenvalue weighted by atomic mass is 10.0. The smallest absolute Gasteiger partial charge is 0.325 e. The predicted molar refractivity (Wildman–Crippen MR) is 110 cm³/mol. The van der Waals surface area contributed by atoms with Gasteiger partial charge in [-0.3, -0.25) is 14.5 Å². The molecule has 1 fully saturated rings. The first-order chi connectivity index (χ1) is 14.4. The number of hydrogen-bond acceptors (Lipinski definition) is 4. The van der Waals surface area contributed by atoms with Gasteiger partial charge >= 0.3 is 11.9 Å². The molecule has 0 amide bonds. The third-order valence-corrected chi connectivity index (χ3v) is 5.51. The molecule has 3 aromatic rings. The molecule has 4 rings (SSSR count). The number of benzene rings is 2. The van der Waals surface area contributed by atoms with Crippen LogP contribution in [-0.2, 0) is 16.1 Å². The molecule has 1 aromatic heterocycles. The van der Waals surface area contributed by atoms with Gasteiger partial charge in [0.05, 0.1) is 5.52 Å². The van der Waals surface area contributed by atoms with E-state index in [9.17, 15) is 24.2 Å². The monoisotopic (exact) mass is 411 g/mol. The van der Waals surface area contributed by atoms with E-state index >= 15 is 0 Å². The summed E-state index contributed by atoms with van der Waals surface area (Å²) in [6.07, 6.45) is 1.53. The van der Waals surface area contributed by atoms with E-state index in [2.05, 4.69) is 4.90 Å². The minimum absolute atomic E-state index is 0.367. The third-order valence-electron chi connectivity index (χ3n) is 5.51. The minimum atomic E-state index is -1.08. The van der Waals surface area contributed by atoms with Gasteiger partial charge in [-0.05, 0) is 30.3 Å². The molecular weight excluding hydrogens is 389 g/mol. The van der Waals surface area contributed by atoms with Crippen molar-refractivity contribution in [3.8, 4) is 0 Å². The van der Waals surface area contributed by atoms with Crippen molar-refractivity contribution in [2.24, 2.45) is 0 Å². The molecular formula is C22H22FN3O4. The van der Waals surface area contributed by atoms with Crippen LogP contribution in [0.1, 0.15) is 11.6 Å². The molecule has 30 heavy (non-hydrogen) atoms. The lowest BCUT2D eigenvalue weighted by molar-refractivity contribution is -0.143. The van der Waals surface area contributed by atoms with Crippen molar-refractivity contribution in [1.82, 2.24) is 9.47 Å². The quantitative estimate of drug-likeness (QED) is 0.649. The van der Waals surface area contributed by atoms with Crippen LogP contribution >= 0.6 is 0 Å². The van der Waals surface area contributed by atoms with Crippen molar-refractivity contribution < 1.29 is 24.2 Å². The second-order valence-corrected chi connectivity index (χ2v) is 7.37. The van der Waals surface area contributed by atoms with Crippen LogP contribution < -0.4 is 4.90 Å². The fraction of sp³-hybridized carbons (Fsp3) is 0.273. The zero-order chi connectivity index (χ0) is 21.3. The number of rotatable bonds is 6. The molecule has 0 spiro atoms. The van der Waals surface area contributed by atoms with Crippen molar-refractivity contribution in [2.75, 3.05) is 31.1 Å². The van der Waals surface area contributed by atoms with Crippen LogP contribution in [0.5, 0.6) is 0 Å². The Kier molecular flexibility index (Phi) is 5.41. The molecule has 1 saturated heterocycles. The lowest BCUT2D eigenvalue weighted by Gasteiger charge is -2.38. The van der Waals surface area contributed by atoms with Gasteiger partial charge in [0.2, 0.25) is 0 Å². The summed E-state index contributed by atoms with van der Waals surface area (Å²) in [5, 5.41) is 19.8. The highest BCUT2D eigenvalue weighted by molar-refractivity contribution is 5.90. The Morgan fingerprint density at radius 3 is 2.33 bits per heavy atom. The van der Waals surface area contributed by atoms with Crippen LogP contribution in [0, 0.1) is 5.82 Å². The second-order valence-electron chi connectivity index (χ2n) is 7.37. The average Bonchev–Trinajstić information content (AvgIpc) is 3.05. The molecule has 0 bridgehead atoms. The van der Waals surface area contributed by atoms with E-state index in [1.165, 1.54) is 29.0 Å². The first-order valence-corrected chi connectivity index (χ1v) is 9.71. The van der Waals surface area contributed by atoms with Gasteiger partial charge < -0.3 is 19.7 Å². The lowest BCUT2D eigenvalue weighted by Crippen LogP contribution is -2.49. The van der Waals surface area contributed by atoms with Crippen LogP contribution in [0.4, 0.5) is 10.1 Å². The van der Waals surface area contributed by atoms with E-state index in [0.717, 1.165) is 5.69 Å². The first kappa shape index (κ1) is 19.9. The molecule has 0 unspecified atom stereocenters. The summed E-state index contributed by atoms with van der Waals surface area (Å²) in [6, 6.07) is 13.0. The molecule has 2 N–H and O–H groups in total. The van der Waals surface area contributed by atoms with Crippen molar-refractivity contribution in [1.29, 1.82) is 0 Å². The van der Waals surface area contributed by atoms with Gasteiger partial charge in [-0.2, -0.15) is 0 Å². The predicted octanol–water partition coefficient (Wildman–Crippen LogP) is 2.81. The average molecular weight is 411 g/mol. The molecule has 156 valence electrons. The Labute approximate surface area is 172 Å². The van der Waals surface area contributed by atoms with Gasteiger partial charge in [0, 0.05) is 49.0 Å². The molecule has 0 radical (unpaired) electrons. The van der Waals surface area contributed by atoms with E-state index in [1.54, 1.807) is 0 Å². The number of carbonyl (C=O) groups is 2. The number of fused-ring (bicyclic) bond motifs is 1. The van der Waals surface area contributed by atoms with Crippen molar-refractivity contribution in [3.05, 3.63) is 66.1 Å². The number of anilines is 1. The maximum Gasteiger partial charge on any atom is 0.325 e. The van der Waals surface area contributed by atoms with Crippen molar-refractivity contribution in [2.45, 2.75) is 12.6 Å². The Balaban J connectivity index is 1.65. The number of nitrogens with zero attached hydrogens (tertiary/aromatic N) is 3. The largest absolute Gasteiger partial charge is 0.480 e. The Morgan fingerprint density at radius 1 is 1.00 bits per heavy atom. The summed E-state index contributed by atoms with van der Waals surface area (Å²) in [5.74, 6) is -2.59. The van der Waals surface area contributed by atoms with E-state index in [0.29, 0.717) is 42.6 Å². The molecule has 0 saturated carbocycles. The van der Waals surface area contributed by atoms with Crippen LogP contribution in [-0.4, -0.2) is 57.8 Å². The molecule has 1 atom stereocenters. The number of halogens is 1. The van der Waals surface area contributed by atoms with Crippen molar-refractivity contribution in [3.63, 3.8) is 0 Å². The van der Waals surface area contributed by atoms with Gasteiger partial charge in [-0.1, -0.05) is 18.2 Å². The Hall–Kier alpha value is -3.39. The number of hydrogen-bond donors (Lipinski definition) is 2. The second kappa shape index (κ2) is 8.16. The molecule has 7 nitrogen and oxygen atoms in total. The van der Waals surface area contributed by atoms with E-state index < -0.39 is 23.8 Å². The summed E-state index contributed by atoms with van der Waals surface area (Å²) < 4.78 is 15.2. The maximum absolute atomic E-state index is 13.8. The molecule has 2 heterocycles. The normalized spacial score (nSPS) is 16.0. The van der Waals surface area contributed by atoms with Gasteiger partial charge in [0.15, 0.2) is 0 Å². The van der Waals surface area contributed by atoms with Crippen molar-refractivity contribution >= 4 is 28.5 Å². The number of para-hydroxylation sites is 1. The van der Waals surface area contributed by atoms with Gasteiger partial charge in [-0.25, -0.2) is 4.39 Å². The first-order valence-electron chi connectivity index (χ1n) is 9.71. The fourth-order valence-corrected chi connectivity index (χ4v) is 4.15. The SMILES string of the molecule is O=C(O)Cn1cc([C@H](C(=O)O)N2CCN(c3ccccc3)CC2)c2ccc(F)cc21. The molecule has 8 heteroatoms. The minimum Gasteiger partial charge on any atom is -0.480 e. The summed E-state index contributed by atoms with van der Waals surface area (Å²) >= 11 is 0. The topological polar surface area (TPSA) is 86.0 Å². The fourth-order valence-electron chi connectivity index (χ4n) is 4.15. The van der Waals surface area contributed by atoms with Gasteiger partial charge in [0.25, 0.3) is 0 Å². The Morgan fingerprint density at radius 2 is 1.70 bits per heavy atom. The van der Waals surface area contributed by atoms with Crippen LogP contribution in [0.3, 0.4) is 0 Å². The van der Waals surface area contributed by atoms with Crippen LogP contribution in [0.2, 0.25) is 0 Å². The third kappa shape index (κ3) is 3.86. The molecule has 1 aliphatic heterocycles. The number of carboxylic acids is 2.